The molecular weight excluding hydrogens is 745 g/mol. The van der Waals surface area contributed by atoms with Crippen LogP contribution in [0.5, 0.6) is 11.5 Å². The molecule has 54 heavy (non-hydrogen) atoms. The second kappa shape index (κ2) is 17.3. The van der Waals surface area contributed by atoms with E-state index in [1.54, 1.807) is 35.4 Å². The lowest BCUT2D eigenvalue weighted by Gasteiger charge is -2.38. The number of carbonyl (C=O) groups is 2. The van der Waals surface area contributed by atoms with Crippen molar-refractivity contribution in [3.8, 4) is 11.5 Å². The van der Waals surface area contributed by atoms with Crippen LogP contribution in [0.1, 0.15) is 50.0 Å². The van der Waals surface area contributed by atoms with Gasteiger partial charge >= 0.3 is 6.09 Å². The highest BCUT2D eigenvalue weighted by Gasteiger charge is 2.40. The van der Waals surface area contributed by atoms with E-state index in [1.807, 2.05) is 37.4 Å². The van der Waals surface area contributed by atoms with E-state index in [2.05, 4.69) is 50.2 Å². The van der Waals surface area contributed by atoms with Gasteiger partial charge in [-0.2, -0.15) is 0 Å². The Labute approximate surface area is 324 Å². The van der Waals surface area contributed by atoms with E-state index in [0.717, 1.165) is 26.9 Å². The number of ether oxygens (including phenoxy) is 3. The van der Waals surface area contributed by atoms with E-state index >= 15 is 0 Å². The van der Waals surface area contributed by atoms with Crippen molar-refractivity contribution in [2.45, 2.75) is 68.4 Å². The van der Waals surface area contributed by atoms with Crippen LogP contribution in [0.2, 0.25) is 18.1 Å². The van der Waals surface area contributed by atoms with Gasteiger partial charge in [0.15, 0.2) is 19.8 Å². The van der Waals surface area contributed by atoms with Gasteiger partial charge < -0.3 is 23.5 Å². The molecule has 2 amide bonds. The van der Waals surface area contributed by atoms with E-state index in [1.165, 1.54) is 47.9 Å². The highest BCUT2D eigenvalue weighted by Crippen LogP contribution is 2.40. The molecule has 0 fully saturated rings. The average Bonchev–Trinajstić information content (AvgIpc) is 3.59. The Morgan fingerprint density at radius 3 is 2.43 bits per heavy atom. The molecular formula is C39H46N4O8S2Si. The molecule has 12 nitrogen and oxygen atoms in total. The van der Waals surface area contributed by atoms with Gasteiger partial charge in [0, 0.05) is 46.1 Å². The van der Waals surface area contributed by atoms with E-state index in [0.29, 0.717) is 24.5 Å². The Kier molecular flexibility index (Phi) is 13.0. The Balaban J connectivity index is 1.38. The van der Waals surface area contributed by atoms with Crippen LogP contribution in [0, 0.1) is 10.1 Å². The number of nitro benzene ring substituents is 1. The van der Waals surface area contributed by atoms with Gasteiger partial charge in [0.1, 0.15) is 6.61 Å². The number of nitrogens with one attached hydrogen (secondary N) is 1. The van der Waals surface area contributed by atoms with Gasteiger partial charge in [-0.05, 0) is 79.0 Å². The third kappa shape index (κ3) is 9.74. The van der Waals surface area contributed by atoms with Gasteiger partial charge in [0.05, 0.1) is 48.6 Å². The van der Waals surface area contributed by atoms with Crippen LogP contribution in [-0.2, 0) is 9.16 Å². The standard InChI is InChI=1S/C39H46N4O8S2Si/c1-25(52-53-31-14-12-29(13-15-31)43(46)47)23-50-38(45)41-34-21-36(49-6)35(48-5)20-32(34)37(44)42-22-28(19-30(42)24-51-54(7,8)39(2,3)4)26-11-16-33-27(18-26)10-9-17-40-33/h9-18,20-22,25,30H,19,23-24H2,1-8H3,(H,41,45)/t25-,30+/m1/s1. The Bertz CT molecular complexity index is 2040. The Hall–Kier alpha value is -4.57. The van der Waals surface area contributed by atoms with Gasteiger partial charge in [-0.25, -0.2) is 4.79 Å². The number of carbonyl (C=O) groups excluding carboxylic acids is 2. The number of nitrogens with zero attached hydrogens (tertiary/aromatic N) is 3. The van der Waals surface area contributed by atoms with Gasteiger partial charge in [-0.15, -0.1) is 0 Å². The number of hydrogen-bond acceptors (Lipinski definition) is 11. The van der Waals surface area contributed by atoms with Crippen LogP contribution < -0.4 is 14.8 Å². The molecule has 0 radical (unpaired) electrons. The number of anilines is 1. The summed E-state index contributed by atoms with van der Waals surface area (Å²) in [6, 6.07) is 19.0. The maximum absolute atomic E-state index is 14.7. The minimum atomic E-state index is -2.17. The lowest BCUT2D eigenvalue weighted by atomic mass is 10.0. The summed E-state index contributed by atoms with van der Waals surface area (Å²) in [6.45, 7) is 13.2. The smallest absolute Gasteiger partial charge is 0.411 e. The molecule has 4 aromatic rings. The summed E-state index contributed by atoms with van der Waals surface area (Å²) in [6.07, 6.45) is 3.46. The number of nitro groups is 1. The van der Waals surface area contributed by atoms with Crippen LogP contribution in [0.15, 0.2) is 84.0 Å². The van der Waals surface area contributed by atoms with Crippen molar-refractivity contribution in [2.75, 3.05) is 32.8 Å². The van der Waals surface area contributed by atoms with E-state index in [9.17, 15) is 19.7 Å². The average molecular weight is 791 g/mol. The van der Waals surface area contributed by atoms with Crippen molar-refractivity contribution < 1.29 is 33.1 Å². The molecule has 2 heterocycles. The van der Waals surface area contributed by atoms with Crippen molar-refractivity contribution in [1.29, 1.82) is 0 Å². The van der Waals surface area contributed by atoms with Crippen molar-refractivity contribution in [1.82, 2.24) is 9.88 Å². The molecule has 2 atom stereocenters. The molecule has 1 aliphatic heterocycles. The quantitative estimate of drug-likeness (QED) is 0.0564. The number of hydrogen-bond donors (Lipinski definition) is 1. The molecule has 0 bridgehead atoms. The SMILES string of the molecule is COc1cc(NC(=O)OC[C@@H](C)SSc2ccc([N+](=O)[O-])cc2)c(C(=O)N2C=C(c3ccc4ncccc4c3)C[C@H]2CO[Si](C)(C)C(C)(C)C)cc1OC. The van der Waals surface area contributed by atoms with Crippen LogP contribution in [0.4, 0.5) is 16.2 Å². The molecule has 3 aromatic carbocycles. The van der Waals surface area contributed by atoms with E-state index in [4.69, 9.17) is 18.6 Å². The zero-order valence-corrected chi connectivity index (χ0v) is 34.3. The fraction of sp³-hybridized carbons (Fsp3) is 0.359. The van der Waals surface area contributed by atoms with Gasteiger partial charge in [0.2, 0.25) is 0 Å². The normalized spacial score (nSPS) is 15.1. The van der Waals surface area contributed by atoms with Crippen molar-refractivity contribution in [3.05, 3.63) is 100 Å². The second-order valence-corrected chi connectivity index (χ2v) is 21.9. The van der Waals surface area contributed by atoms with Crippen LogP contribution in [0.3, 0.4) is 0 Å². The number of aromatic nitrogens is 1. The largest absolute Gasteiger partial charge is 0.493 e. The first-order chi connectivity index (χ1) is 25.6. The summed E-state index contributed by atoms with van der Waals surface area (Å²) in [7, 11) is 3.68. The van der Waals surface area contributed by atoms with Crippen molar-refractivity contribution in [2.24, 2.45) is 0 Å². The number of rotatable bonds is 14. The minimum absolute atomic E-state index is 0.0179. The molecule has 286 valence electrons. The predicted molar refractivity (Wildman–Crippen MR) is 218 cm³/mol. The van der Waals surface area contributed by atoms with Crippen LogP contribution in [-0.4, -0.2) is 73.9 Å². The molecule has 0 aliphatic carbocycles. The summed E-state index contributed by atoms with van der Waals surface area (Å²) >= 11 is 0. The molecule has 15 heteroatoms. The molecule has 1 aromatic heterocycles. The molecule has 5 rings (SSSR count). The van der Waals surface area contributed by atoms with Crippen LogP contribution in [0.25, 0.3) is 16.5 Å². The fourth-order valence-electron chi connectivity index (χ4n) is 5.46. The number of pyridine rings is 1. The lowest BCUT2D eigenvalue weighted by Crippen LogP contribution is -2.45. The first-order valence-electron chi connectivity index (χ1n) is 17.4. The Morgan fingerprint density at radius 2 is 1.76 bits per heavy atom. The topological polar surface area (TPSA) is 142 Å². The fourth-order valence-corrected chi connectivity index (χ4v) is 8.47. The molecule has 1 N–H and O–H groups in total. The van der Waals surface area contributed by atoms with E-state index < -0.39 is 19.3 Å². The third-order valence-corrected chi connectivity index (χ3v) is 17.0. The third-order valence-electron chi connectivity index (χ3n) is 9.59. The first kappa shape index (κ1) is 40.6. The van der Waals surface area contributed by atoms with Gasteiger partial charge in [-0.1, -0.05) is 54.5 Å². The van der Waals surface area contributed by atoms with Crippen molar-refractivity contribution >= 4 is 69.8 Å². The highest BCUT2D eigenvalue weighted by atomic mass is 33.1. The number of methoxy groups -OCH3 is 2. The molecule has 0 saturated heterocycles. The molecule has 1 aliphatic rings. The molecule has 0 spiro atoms. The van der Waals surface area contributed by atoms with Crippen molar-refractivity contribution in [3.63, 3.8) is 0 Å². The summed E-state index contributed by atoms with van der Waals surface area (Å²) in [5, 5.41) is 14.6. The maximum Gasteiger partial charge on any atom is 0.411 e. The summed E-state index contributed by atoms with van der Waals surface area (Å²) in [4.78, 5) is 45.4. The lowest BCUT2D eigenvalue weighted by molar-refractivity contribution is -0.384. The summed E-state index contributed by atoms with van der Waals surface area (Å²) in [5.74, 6) is 0.302. The summed E-state index contributed by atoms with van der Waals surface area (Å²) < 4.78 is 23.4. The minimum Gasteiger partial charge on any atom is -0.493 e. The number of non-ortho nitro benzene ring substituents is 1. The number of amides is 2. The zero-order valence-electron chi connectivity index (χ0n) is 31.7. The number of benzene rings is 3. The zero-order chi connectivity index (χ0) is 39.2. The molecule has 0 unspecified atom stereocenters. The van der Waals surface area contributed by atoms with Gasteiger partial charge in [-0.3, -0.25) is 25.2 Å². The molecule has 0 saturated carbocycles. The Morgan fingerprint density at radius 1 is 1.06 bits per heavy atom. The van der Waals surface area contributed by atoms with E-state index in [-0.39, 0.29) is 45.8 Å². The first-order valence-corrected chi connectivity index (χ1v) is 22.5. The monoisotopic (exact) mass is 790 g/mol. The predicted octanol–water partition coefficient (Wildman–Crippen LogP) is 9.82. The number of fused-ring (bicyclic) bond motifs is 1. The second-order valence-electron chi connectivity index (χ2n) is 14.4. The highest BCUT2D eigenvalue weighted by molar-refractivity contribution is 8.76. The summed E-state index contributed by atoms with van der Waals surface area (Å²) in [5.41, 5.74) is 3.25. The van der Waals surface area contributed by atoms with Crippen LogP contribution >= 0.6 is 21.6 Å². The van der Waals surface area contributed by atoms with Gasteiger partial charge in [0.25, 0.3) is 11.6 Å². The maximum atomic E-state index is 14.7.